The predicted octanol–water partition coefficient (Wildman–Crippen LogP) is 10.2. The van der Waals surface area contributed by atoms with E-state index in [-0.39, 0.29) is 82.9 Å². The smallest absolute Gasteiger partial charge is 0.316 e. The summed E-state index contributed by atoms with van der Waals surface area (Å²) in [7, 11) is 0. The summed E-state index contributed by atoms with van der Waals surface area (Å²) in [6.45, 7) is 2.11. The molecule has 0 aliphatic carbocycles. The van der Waals surface area contributed by atoms with Gasteiger partial charge in [0.2, 0.25) is 6.33 Å². The maximum absolute atomic E-state index is 9.15. The number of allylic oxidation sites excluding steroid dienone is 2. The Morgan fingerprint density at radius 1 is 0.778 bits per heavy atom. The topological polar surface area (TPSA) is 51.5 Å². The number of ether oxygens (including phenoxy) is 1. The van der Waals surface area contributed by atoms with E-state index in [1.807, 2.05) is 36.4 Å². The van der Waals surface area contributed by atoms with Gasteiger partial charge in [0.15, 0.2) is 0 Å². The Balaban J connectivity index is 0.00000657. The van der Waals surface area contributed by atoms with Gasteiger partial charge in [0, 0.05) is 44.3 Å². The second kappa shape index (κ2) is 16.0. The monoisotopic (exact) mass is 1010 g/mol. The number of nitrogens with zero attached hydrogens (tertiary/aromatic N) is 6. The molecule has 0 N–H and O–H groups in total. The molecule has 7 nitrogen and oxygen atoms in total. The van der Waals surface area contributed by atoms with Crippen molar-refractivity contribution in [1.82, 2.24) is 18.9 Å². The van der Waals surface area contributed by atoms with Crippen molar-refractivity contribution in [3.8, 4) is 45.3 Å². The average molecular weight is 1010 g/mol. The molecule has 2 aliphatic heterocycles. The summed E-state index contributed by atoms with van der Waals surface area (Å²) in [5.41, 5.74) is 2.39. The Bertz CT molecular complexity index is 3870. The molecule has 6 aromatic carbocycles. The number of rotatable bonds is 7. The fourth-order valence-electron chi connectivity index (χ4n) is 8.20. The Hall–Kier alpha value is -7.02. The molecule has 0 fully saturated rings. The van der Waals surface area contributed by atoms with Crippen LogP contribution in [-0.2, 0) is 33.5 Å². The van der Waals surface area contributed by atoms with Crippen LogP contribution in [0.2, 0.25) is 0 Å². The molecule has 11 rings (SSSR count). The zero-order chi connectivity index (χ0) is 53.2. The molecule has 0 unspecified atom stereocenters. The Morgan fingerprint density at radius 2 is 1.51 bits per heavy atom. The number of aryl methyl sites for hydroxylation is 1. The Labute approximate surface area is 400 Å². The van der Waals surface area contributed by atoms with Crippen LogP contribution in [-0.4, -0.2) is 31.6 Å². The van der Waals surface area contributed by atoms with Crippen molar-refractivity contribution >= 4 is 51.4 Å². The molecule has 0 saturated heterocycles. The summed E-state index contributed by atoms with van der Waals surface area (Å²) in [6.07, 6.45) is 11.5. The van der Waals surface area contributed by atoms with E-state index in [4.69, 9.17) is 32.5 Å². The van der Waals surface area contributed by atoms with Gasteiger partial charge in [-0.15, -0.1) is 29.7 Å². The van der Waals surface area contributed by atoms with Gasteiger partial charge in [0.05, 0.1) is 30.4 Å². The fraction of sp³-hybridized carbons (Fsp3) is 0.0926. The number of hydrogen-bond acceptors (Lipinski definition) is 4. The molecule has 63 heavy (non-hydrogen) atoms. The Morgan fingerprint density at radius 3 is 2.25 bits per heavy atom. The second-order valence-corrected chi connectivity index (χ2v) is 15.8. The van der Waals surface area contributed by atoms with E-state index in [1.54, 1.807) is 59.7 Å². The van der Waals surface area contributed by atoms with Crippen LogP contribution < -0.4 is 20.4 Å². The number of pyridine rings is 1. The van der Waals surface area contributed by atoms with Gasteiger partial charge in [0.1, 0.15) is 17.5 Å². The normalized spacial score (nSPS) is 16.3. The minimum absolute atomic E-state index is 0. The van der Waals surface area contributed by atoms with Crippen molar-refractivity contribution in [2.45, 2.75) is 26.2 Å². The molecule has 2 aliphatic rings. The summed E-state index contributed by atoms with van der Waals surface area (Å²) in [6, 6.07) is 26.0. The summed E-state index contributed by atoms with van der Waals surface area (Å²) in [4.78, 5) is 11.4. The van der Waals surface area contributed by atoms with Crippen LogP contribution in [0.15, 0.2) is 181 Å². The summed E-state index contributed by atoms with van der Waals surface area (Å²) >= 11 is 0. The maximum Gasteiger partial charge on any atom is 0.316 e. The molecule has 9 aromatic rings. The molecule has 0 atom stereocenters. The van der Waals surface area contributed by atoms with Crippen molar-refractivity contribution in [1.29, 1.82) is 0 Å². The van der Waals surface area contributed by atoms with Gasteiger partial charge < -0.3 is 23.2 Å². The standard InChI is InChI=1S/C54H41BN6O.Pt/c1-54(2,3)39-30-31-56-50(33-39)61-47-26-12-11-23-45(47)46-29-28-42(35-48(46)61)62-41-22-15-21-40(34-41)59-36-58(4)52-53(59)57-49-27-13-14-32-60(49)55(52)51-43(37-17-7-5-8-18-37)24-16-25-44(51)38-19-9-6-10-20-38;/h5-33H,1-4H3;/q-2;/i4D3,5D,6D,7D,8D,9D,10D,17D,18D,19D,20D;. The first kappa shape index (κ1) is 27.8. The number of imidazole rings is 1. The zero-order valence-corrected chi connectivity index (χ0v) is 36.2. The minimum Gasteiger partial charge on any atom is -0.510 e. The van der Waals surface area contributed by atoms with Crippen molar-refractivity contribution < 1.29 is 48.2 Å². The largest absolute Gasteiger partial charge is 0.510 e. The van der Waals surface area contributed by atoms with E-state index in [9.17, 15) is 0 Å². The van der Waals surface area contributed by atoms with Crippen LogP contribution in [0.1, 0.15) is 44.2 Å². The number of aromatic nitrogens is 4. The van der Waals surface area contributed by atoms with Crippen molar-refractivity contribution in [3.05, 3.63) is 200 Å². The van der Waals surface area contributed by atoms with Crippen LogP contribution in [0.5, 0.6) is 11.5 Å². The van der Waals surface area contributed by atoms with Gasteiger partial charge in [-0.1, -0.05) is 135 Å². The Kier molecular flexibility index (Phi) is 7.08. The molecule has 0 bridgehead atoms. The van der Waals surface area contributed by atoms with Gasteiger partial charge in [-0.05, 0) is 80.6 Å². The zero-order valence-electron chi connectivity index (χ0n) is 47.0. The third kappa shape index (κ3) is 7.05. The number of aliphatic imine (C=N–C) groups is 1. The third-order valence-corrected chi connectivity index (χ3v) is 11.0. The molecule has 3 aromatic heterocycles. The molecule has 0 radical (unpaired) electrons. The van der Waals surface area contributed by atoms with E-state index in [0.717, 1.165) is 31.9 Å². The molecule has 9 heteroatoms. The van der Waals surface area contributed by atoms with Crippen molar-refractivity contribution in [3.63, 3.8) is 0 Å². The van der Waals surface area contributed by atoms with E-state index in [2.05, 4.69) is 49.9 Å². The molecule has 0 saturated carbocycles. The van der Waals surface area contributed by atoms with Crippen molar-refractivity contribution in [2.75, 3.05) is 0 Å². The van der Waals surface area contributed by atoms with Gasteiger partial charge in [-0.3, -0.25) is 0 Å². The molecule has 5 heterocycles. The van der Waals surface area contributed by atoms with Crippen molar-refractivity contribution in [2.24, 2.45) is 12.0 Å². The number of hydrogen-bond donors (Lipinski definition) is 0. The van der Waals surface area contributed by atoms with E-state index < -0.39 is 74.2 Å². The first-order chi connectivity index (χ1) is 35.6. The quantitative estimate of drug-likeness (QED) is 0.0908. The molecule has 0 amide bonds. The molecular weight excluding hydrogens is 955 g/mol. The summed E-state index contributed by atoms with van der Waals surface area (Å²) in [5, 5.41) is 1.93. The van der Waals surface area contributed by atoms with Crippen LogP contribution in [0, 0.1) is 18.5 Å². The average Bonchev–Trinajstić information content (AvgIpc) is 4.01. The second-order valence-electron chi connectivity index (χ2n) is 15.8. The SMILES string of the molecule is [2H]c1c([2H])c([2H])c(-c2cccc(-c3c([2H])c([2H])c([2H])c([2H])c3[2H])c2B2c3c(n(-c4[c-]c(Oc5[c-]c6c(cc5)c5ccccc5n6-c5cc(C(C)(C)C)ccn5)ccc4)[c-][n+]3C([2H])([2H])[2H])N=C3C=CC=CN23)c([2H])c1[2H].[Pt]. The van der Waals surface area contributed by atoms with Crippen LogP contribution in [0.3, 0.4) is 0 Å². The summed E-state index contributed by atoms with van der Waals surface area (Å²) in [5.74, 6) is 1.61. The molecule has 0 spiro atoms. The number of fused-ring (bicyclic) bond motifs is 5. The molecule has 308 valence electrons. The van der Waals surface area contributed by atoms with Gasteiger partial charge in [0.25, 0.3) is 0 Å². The van der Waals surface area contributed by atoms with Gasteiger partial charge in [-0.2, -0.15) is 18.2 Å². The predicted molar refractivity (Wildman–Crippen MR) is 250 cm³/mol. The van der Waals surface area contributed by atoms with E-state index >= 15 is 0 Å². The first-order valence-corrected chi connectivity index (χ1v) is 19.9. The van der Waals surface area contributed by atoms with E-state index in [0.29, 0.717) is 11.6 Å². The van der Waals surface area contributed by atoms with Crippen LogP contribution >= 0.6 is 0 Å². The number of amidine groups is 1. The molecular formula is C54H41BN6OPt-2. The summed E-state index contributed by atoms with van der Waals surface area (Å²) < 4.78 is 126. The van der Waals surface area contributed by atoms with Crippen LogP contribution in [0.25, 0.3) is 55.6 Å². The van der Waals surface area contributed by atoms with E-state index in [1.165, 1.54) is 22.8 Å². The number of para-hydroxylation sites is 1. The van der Waals surface area contributed by atoms with Crippen LogP contribution in [0.4, 0.5) is 5.82 Å². The minimum atomic E-state index is -2.98. The first-order valence-electron chi connectivity index (χ1n) is 26.4. The van der Waals surface area contributed by atoms with Gasteiger partial charge >= 0.3 is 6.85 Å². The van der Waals surface area contributed by atoms with Gasteiger partial charge in [-0.25, -0.2) is 9.98 Å². The number of benzene rings is 6. The maximum atomic E-state index is 9.15. The fourth-order valence-corrected chi connectivity index (χ4v) is 8.20. The third-order valence-electron chi connectivity index (χ3n) is 11.0.